The predicted molar refractivity (Wildman–Crippen MR) is 74.9 cm³/mol. The maximum absolute atomic E-state index is 11.5. The van der Waals surface area contributed by atoms with Gasteiger partial charge < -0.3 is 0 Å². The largest absolute Gasteiger partial charge is 0.212 e. The lowest BCUT2D eigenvalue weighted by molar-refractivity contribution is 0.579. The molecule has 0 aliphatic carbocycles. The summed E-state index contributed by atoms with van der Waals surface area (Å²) in [7, 11) is -3.27. The van der Waals surface area contributed by atoms with Crippen molar-refractivity contribution in [2.75, 3.05) is 5.75 Å². The molecule has 0 aliphatic rings. The van der Waals surface area contributed by atoms with Gasteiger partial charge in [-0.25, -0.2) is 13.1 Å². The number of aryl methyl sites for hydroxylation is 2. The molecule has 0 saturated carbocycles. The Kier molecular flexibility index (Phi) is 4.15. The van der Waals surface area contributed by atoms with Crippen LogP contribution in [-0.4, -0.2) is 34.4 Å². The molecule has 0 radical (unpaired) electrons. The van der Waals surface area contributed by atoms with Crippen LogP contribution in [0.4, 0.5) is 0 Å². The standard InChI is InChI=1S/C12H17N5O2S/c1-4-20(18,19)13-8-12-14-15-16-17(12)11-6-5-9(2)10(3)7-11/h5-7,13H,4,8H2,1-3H3. The molecule has 1 aromatic carbocycles. The van der Waals surface area contributed by atoms with Crippen molar-refractivity contribution in [2.24, 2.45) is 0 Å². The Morgan fingerprint density at radius 3 is 2.65 bits per heavy atom. The van der Waals surface area contributed by atoms with E-state index in [4.69, 9.17) is 0 Å². The van der Waals surface area contributed by atoms with E-state index in [0.717, 1.165) is 11.3 Å². The smallest absolute Gasteiger partial charge is 0.211 e. The number of hydrogen-bond acceptors (Lipinski definition) is 5. The monoisotopic (exact) mass is 295 g/mol. The highest BCUT2D eigenvalue weighted by atomic mass is 32.2. The summed E-state index contributed by atoms with van der Waals surface area (Å²) < 4.78 is 26.9. The van der Waals surface area contributed by atoms with Crippen LogP contribution in [0.3, 0.4) is 0 Å². The first-order valence-electron chi connectivity index (χ1n) is 6.25. The molecule has 20 heavy (non-hydrogen) atoms. The van der Waals surface area contributed by atoms with E-state index in [9.17, 15) is 8.42 Å². The Morgan fingerprint density at radius 2 is 2.00 bits per heavy atom. The minimum Gasteiger partial charge on any atom is -0.212 e. The number of aromatic nitrogens is 4. The minimum atomic E-state index is -3.27. The third-order valence-corrected chi connectivity index (χ3v) is 4.44. The van der Waals surface area contributed by atoms with E-state index in [0.29, 0.717) is 5.82 Å². The van der Waals surface area contributed by atoms with Crippen LogP contribution in [0.5, 0.6) is 0 Å². The van der Waals surface area contributed by atoms with Gasteiger partial charge in [-0.15, -0.1) is 5.10 Å². The average Bonchev–Trinajstić information content (AvgIpc) is 2.88. The summed E-state index contributed by atoms with van der Waals surface area (Å²) in [5, 5.41) is 11.4. The normalized spacial score (nSPS) is 11.8. The quantitative estimate of drug-likeness (QED) is 0.877. The molecule has 0 unspecified atom stereocenters. The molecule has 0 aliphatic heterocycles. The lowest BCUT2D eigenvalue weighted by atomic mass is 10.1. The van der Waals surface area contributed by atoms with Crippen molar-refractivity contribution in [3.63, 3.8) is 0 Å². The molecule has 2 rings (SSSR count). The van der Waals surface area contributed by atoms with Crippen molar-refractivity contribution in [3.05, 3.63) is 35.2 Å². The molecule has 8 heteroatoms. The fourth-order valence-electron chi connectivity index (χ4n) is 1.65. The number of benzene rings is 1. The summed E-state index contributed by atoms with van der Waals surface area (Å²) in [5.74, 6) is 0.475. The molecule has 1 N–H and O–H groups in total. The Morgan fingerprint density at radius 1 is 1.25 bits per heavy atom. The van der Waals surface area contributed by atoms with Crippen molar-refractivity contribution in [1.82, 2.24) is 24.9 Å². The Hall–Kier alpha value is -1.80. The number of rotatable bonds is 5. The second-order valence-corrected chi connectivity index (χ2v) is 6.60. The van der Waals surface area contributed by atoms with Gasteiger partial charge >= 0.3 is 0 Å². The van der Waals surface area contributed by atoms with Gasteiger partial charge in [-0.3, -0.25) is 0 Å². The van der Waals surface area contributed by atoms with Crippen molar-refractivity contribution in [3.8, 4) is 5.69 Å². The number of tetrazole rings is 1. The number of nitrogens with zero attached hydrogens (tertiary/aromatic N) is 4. The molecule has 108 valence electrons. The molecule has 0 saturated heterocycles. The molecular weight excluding hydrogens is 278 g/mol. The van der Waals surface area contributed by atoms with E-state index in [1.54, 1.807) is 6.92 Å². The van der Waals surface area contributed by atoms with Crippen molar-refractivity contribution < 1.29 is 8.42 Å². The zero-order chi connectivity index (χ0) is 14.8. The molecule has 7 nitrogen and oxygen atoms in total. The first kappa shape index (κ1) is 14.6. The summed E-state index contributed by atoms with van der Waals surface area (Å²) in [6.45, 7) is 5.67. The summed E-state index contributed by atoms with van der Waals surface area (Å²) in [6.07, 6.45) is 0. The van der Waals surface area contributed by atoms with Gasteiger partial charge in [0.2, 0.25) is 10.0 Å². The third-order valence-electron chi connectivity index (χ3n) is 3.10. The van der Waals surface area contributed by atoms with Gasteiger partial charge in [0.1, 0.15) is 0 Å². The van der Waals surface area contributed by atoms with E-state index in [1.165, 1.54) is 10.2 Å². The maximum Gasteiger partial charge on any atom is 0.211 e. The highest BCUT2D eigenvalue weighted by Gasteiger charge is 2.12. The lowest BCUT2D eigenvalue weighted by Crippen LogP contribution is -2.26. The Bertz CT molecular complexity index is 708. The molecule has 1 aromatic heterocycles. The van der Waals surface area contributed by atoms with Crippen molar-refractivity contribution in [2.45, 2.75) is 27.3 Å². The van der Waals surface area contributed by atoms with Gasteiger partial charge in [-0.2, -0.15) is 4.68 Å². The summed E-state index contributed by atoms with van der Waals surface area (Å²) in [4.78, 5) is 0. The van der Waals surface area contributed by atoms with Gasteiger partial charge in [-0.05, 0) is 54.5 Å². The molecule has 0 amide bonds. The van der Waals surface area contributed by atoms with Gasteiger partial charge in [-0.1, -0.05) is 6.07 Å². The van der Waals surface area contributed by atoms with E-state index in [1.807, 2.05) is 32.0 Å². The topological polar surface area (TPSA) is 89.8 Å². The summed E-state index contributed by atoms with van der Waals surface area (Å²) >= 11 is 0. The number of sulfonamides is 1. The Balaban J connectivity index is 2.26. The maximum atomic E-state index is 11.5. The first-order chi connectivity index (χ1) is 9.43. The fourth-order valence-corrected chi connectivity index (χ4v) is 2.20. The van der Waals surface area contributed by atoms with Crippen LogP contribution in [0.15, 0.2) is 18.2 Å². The highest BCUT2D eigenvalue weighted by Crippen LogP contribution is 2.14. The van der Waals surface area contributed by atoms with Crippen molar-refractivity contribution in [1.29, 1.82) is 0 Å². The Labute approximate surface area is 118 Å². The fraction of sp³-hybridized carbons (Fsp3) is 0.417. The van der Waals surface area contributed by atoms with Gasteiger partial charge in [0.15, 0.2) is 5.82 Å². The molecule has 2 aromatic rings. The molecule has 0 spiro atoms. The first-order valence-corrected chi connectivity index (χ1v) is 7.90. The number of nitrogens with one attached hydrogen (secondary N) is 1. The second kappa shape index (κ2) is 5.68. The molecule has 1 heterocycles. The average molecular weight is 295 g/mol. The van der Waals surface area contributed by atoms with Crippen LogP contribution >= 0.6 is 0 Å². The molecule has 0 fully saturated rings. The van der Waals surface area contributed by atoms with Gasteiger partial charge in [0.05, 0.1) is 18.0 Å². The number of hydrogen-bond donors (Lipinski definition) is 1. The predicted octanol–water partition coefficient (Wildman–Crippen LogP) is 0.718. The van der Waals surface area contributed by atoms with Gasteiger partial charge in [0.25, 0.3) is 0 Å². The van der Waals surface area contributed by atoms with E-state index in [2.05, 4.69) is 20.2 Å². The van der Waals surface area contributed by atoms with Crippen LogP contribution in [0, 0.1) is 13.8 Å². The van der Waals surface area contributed by atoms with Crippen LogP contribution in [0.25, 0.3) is 5.69 Å². The minimum absolute atomic E-state index is 0.0260. The van der Waals surface area contributed by atoms with Crippen LogP contribution < -0.4 is 4.72 Å². The lowest BCUT2D eigenvalue weighted by Gasteiger charge is -2.08. The summed E-state index contributed by atoms with van der Waals surface area (Å²) in [6, 6.07) is 5.84. The molecule has 0 bridgehead atoms. The van der Waals surface area contributed by atoms with E-state index in [-0.39, 0.29) is 12.3 Å². The summed E-state index contributed by atoms with van der Waals surface area (Å²) in [5.41, 5.74) is 3.11. The van der Waals surface area contributed by atoms with E-state index >= 15 is 0 Å². The van der Waals surface area contributed by atoms with Crippen LogP contribution in [-0.2, 0) is 16.6 Å². The van der Waals surface area contributed by atoms with Crippen LogP contribution in [0.2, 0.25) is 0 Å². The van der Waals surface area contributed by atoms with E-state index < -0.39 is 10.0 Å². The highest BCUT2D eigenvalue weighted by molar-refractivity contribution is 7.89. The van der Waals surface area contributed by atoms with Crippen molar-refractivity contribution >= 4 is 10.0 Å². The van der Waals surface area contributed by atoms with Gasteiger partial charge in [0, 0.05) is 0 Å². The molecule has 0 atom stereocenters. The SMILES string of the molecule is CCS(=O)(=O)NCc1nnnn1-c1ccc(C)c(C)c1. The zero-order valence-electron chi connectivity index (χ0n) is 11.7. The third kappa shape index (κ3) is 3.20. The van der Waals surface area contributed by atoms with Crippen LogP contribution in [0.1, 0.15) is 23.9 Å². The second-order valence-electron chi connectivity index (χ2n) is 4.50. The molecular formula is C12H17N5O2S. The zero-order valence-corrected chi connectivity index (χ0v) is 12.5.